The second-order valence-electron chi connectivity index (χ2n) is 16.7. The molecule has 0 amide bonds. The van der Waals surface area contributed by atoms with Gasteiger partial charge in [0.25, 0.3) is 7.82 Å². The zero-order chi connectivity index (χ0) is 42.4. The average Bonchev–Trinajstić information content (AvgIpc) is 3.42. The molecule has 0 saturated heterocycles. The van der Waals surface area contributed by atoms with Crippen molar-refractivity contribution in [1.29, 1.82) is 0 Å². The molecule has 332 valence electrons. The van der Waals surface area contributed by atoms with Gasteiger partial charge in [0.05, 0.1) is 52.5 Å². The van der Waals surface area contributed by atoms with Crippen molar-refractivity contribution in [2.75, 3.05) is 47.5 Å². The Labute approximate surface area is 345 Å². The first-order valence-corrected chi connectivity index (χ1v) is 23.4. The number of likely N-dealkylation sites (N-methyl/N-ethyl adjacent to an activating group) is 1. The van der Waals surface area contributed by atoms with Gasteiger partial charge in [-0.05, 0) is 50.9 Å². The quantitative estimate of drug-likeness (QED) is 0.0187. The van der Waals surface area contributed by atoms with Crippen molar-refractivity contribution in [3.63, 3.8) is 0 Å². The number of carbonyl (C=O) groups is 2. The van der Waals surface area contributed by atoms with Gasteiger partial charge in [-0.1, -0.05) is 121 Å². The molecule has 12 nitrogen and oxygen atoms in total. The van der Waals surface area contributed by atoms with Crippen LogP contribution in [0.25, 0.3) is 0 Å². The van der Waals surface area contributed by atoms with Crippen molar-refractivity contribution in [1.82, 2.24) is 0 Å². The largest absolute Gasteiger partial charge is 0.756 e. The summed E-state index contributed by atoms with van der Waals surface area (Å²) in [5.41, 5.74) is 0. The molecule has 1 saturated carbocycles. The van der Waals surface area contributed by atoms with Gasteiger partial charge in [0.2, 0.25) is 0 Å². The number of hydrogen-bond donors (Lipinski definition) is 3. The summed E-state index contributed by atoms with van der Waals surface area (Å²) in [6.45, 7) is 3.72. The van der Waals surface area contributed by atoms with Crippen LogP contribution in [0, 0.1) is 11.8 Å². The molecular weight excluding hydrogens is 749 g/mol. The predicted octanol–water partition coefficient (Wildman–Crippen LogP) is 7.88. The lowest BCUT2D eigenvalue weighted by Crippen LogP contribution is -2.37. The minimum atomic E-state index is -4.71. The van der Waals surface area contributed by atoms with E-state index in [1.165, 1.54) is 38.5 Å². The molecule has 1 aliphatic rings. The Morgan fingerprint density at radius 3 is 2.05 bits per heavy atom. The van der Waals surface area contributed by atoms with E-state index in [4.69, 9.17) is 18.5 Å². The Morgan fingerprint density at radius 1 is 0.789 bits per heavy atom. The monoisotopic (exact) mass is 830 g/mol. The number of phosphoric acid groups is 1. The third-order valence-electron chi connectivity index (χ3n) is 10.2. The van der Waals surface area contributed by atoms with Crippen LogP contribution in [0.15, 0.2) is 36.5 Å². The number of rotatable bonds is 35. The maximum atomic E-state index is 12.7. The van der Waals surface area contributed by atoms with E-state index < -0.39 is 57.4 Å². The molecule has 0 bridgehead atoms. The van der Waals surface area contributed by atoms with Crippen LogP contribution in [-0.4, -0.2) is 104 Å². The number of unbranched alkanes of at least 4 members (excludes halogenated alkanes) is 13. The Morgan fingerprint density at radius 2 is 1.40 bits per heavy atom. The molecule has 0 aromatic rings. The molecule has 1 unspecified atom stereocenters. The van der Waals surface area contributed by atoms with Gasteiger partial charge in [-0.3, -0.25) is 14.2 Å². The Kier molecular flexibility index (Phi) is 29.8. The third-order valence-corrected chi connectivity index (χ3v) is 11.2. The molecule has 0 aromatic carbocycles. The summed E-state index contributed by atoms with van der Waals surface area (Å²) < 4.78 is 33.8. The highest BCUT2D eigenvalue weighted by Gasteiger charge is 2.39. The number of aliphatic hydroxyl groups is 3. The van der Waals surface area contributed by atoms with Gasteiger partial charge in [-0.2, -0.15) is 0 Å². The van der Waals surface area contributed by atoms with Gasteiger partial charge in [-0.15, -0.1) is 0 Å². The van der Waals surface area contributed by atoms with Crippen molar-refractivity contribution < 1.29 is 57.4 Å². The molecule has 0 spiro atoms. The Balaban J connectivity index is 2.56. The van der Waals surface area contributed by atoms with Crippen molar-refractivity contribution in [3.8, 4) is 0 Å². The third kappa shape index (κ3) is 29.1. The molecule has 13 heteroatoms. The highest BCUT2D eigenvalue weighted by molar-refractivity contribution is 7.45. The first-order valence-electron chi connectivity index (χ1n) is 22.0. The summed E-state index contributed by atoms with van der Waals surface area (Å²) in [7, 11) is 0.987. The molecule has 1 rings (SSSR count). The van der Waals surface area contributed by atoms with E-state index >= 15 is 0 Å². The maximum absolute atomic E-state index is 12.7. The number of hydrogen-bond acceptors (Lipinski definition) is 11. The number of carbonyl (C=O) groups excluding carboxylic acids is 2. The fraction of sp³-hybridized carbons (Fsp3) is 0.818. The lowest BCUT2D eigenvalue weighted by molar-refractivity contribution is -0.870. The van der Waals surface area contributed by atoms with Crippen LogP contribution in [-0.2, 0) is 32.7 Å². The lowest BCUT2D eigenvalue weighted by atomic mass is 9.89. The molecule has 7 atom stereocenters. The molecule has 0 aliphatic heterocycles. The van der Waals surface area contributed by atoms with Crippen LogP contribution in [0.2, 0.25) is 0 Å². The van der Waals surface area contributed by atoms with Crippen molar-refractivity contribution in [2.24, 2.45) is 11.8 Å². The minimum absolute atomic E-state index is 0.0829. The highest BCUT2D eigenvalue weighted by Crippen LogP contribution is 2.38. The van der Waals surface area contributed by atoms with Gasteiger partial charge in [0.1, 0.15) is 19.8 Å². The van der Waals surface area contributed by atoms with E-state index in [0.29, 0.717) is 30.3 Å². The van der Waals surface area contributed by atoms with E-state index in [0.717, 1.165) is 57.8 Å². The van der Waals surface area contributed by atoms with E-state index in [1.807, 2.05) is 21.1 Å². The first kappa shape index (κ1) is 53.1. The zero-order valence-corrected chi connectivity index (χ0v) is 37.0. The van der Waals surface area contributed by atoms with Gasteiger partial charge in [-0.25, -0.2) is 0 Å². The number of allylic oxidation sites excluding steroid dienone is 3. The second kappa shape index (κ2) is 32.0. The number of phosphoric ester groups is 1. The SMILES string of the molecule is CCCCCCCC/C=C\CCCCCCCC(=O)O[C@H](COC(=O)C/C=C\C[C@H]1[C@@H](/C=C/[C@H](O)CCCCC)[C@H](O)C[C@@H]1O)COP(=O)([O-])OCC[N+](C)(C)C. The standard InChI is InChI=1S/C44H80NO11P/c1-6-8-10-11-12-13-14-15-16-17-18-19-20-21-23-29-44(50)56-38(36-55-57(51,52)54-33-32-45(3,4)5)35-53-43(49)28-25-24-27-39-40(42(48)34-41(39)47)31-30-37(46)26-22-9-7-2/h15-16,24-25,30-31,37-42,46-48H,6-14,17-23,26-29,32-36H2,1-5H3/b16-15-,25-24-,31-30+/t37-,38-,39+,40-,41+,42-/m1/s1. The van der Waals surface area contributed by atoms with Crippen molar-refractivity contribution in [3.05, 3.63) is 36.5 Å². The van der Waals surface area contributed by atoms with Crippen LogP contribution in [0.5, 0.6) is 0 Å². The fourth-order valence-corrected chi connectivity index (χ4v) is 7.41. The summed E-state index contributed by atoms with van der Waals surface area (Å²) in [6, 6.07) is 0. The maximum Gasteiger partial charge on any atom is 0.309 e. The van der Waals surface area contributed by atoms with Crippen LogP contribution in [0.3, 0.4) is 0 Å². The van der Waals surface area contributed by atoms with Gasteiger partial charge < -0.3 is 43.2 Å². The molecule has 57 heavy (non-hydrogen) atoms. The van der Waals surface area contributed by atoms with Gasteiger partial charge in [0.15, 0.2) is 6.10 Å². The summed E-state index contributed by atoms with van der Waals surface area (Å²) in [4.78, 5) is 37.8. The summed E-state index contributed by atoms with van der Waals surface area (Å²) >= 11 is 0. The molecule has 1 fully saturated rings. The van der Waals surface area contributed by atoms with Crippen molar-refractivity contribution >= 4 is 19.8 Å². The summed E-state index contributed by atoms with van der Waals surface area (Å²) in [5, 5.41) is 31.4. The number of quaternary nitrogens is 1. The van der Waals surface area contributed by atoms with Gasteiger partial charge >= 0.3 is 11.9 Å². The predicted molar refractivity (Wildman–Crippen MR) is 224 cm³/mol. The van der Waals surface area contributed by atoms with E-state index in [9.17, 15) is 34.4 Å². The second-order valence-corrected chi connectivity index (χ2v) is 18.1. The molecule has 0 heterocycles. The minimum Gasteiger partial charge on any atom is -0.756 e. The van der Waals surface area contributed by atoms with Gasteiger partial charge in [0, 0.05) is 18.8 Å². The number of esters is 2. The normalized spacial score (nSPS) is 21.1. The average molecular weight is 830 g/mol. The molecule has 3 N–H and O–H groups in total. The Hall–Kier alpha value is -1.89. The van der Waals surface area contributed by atoms with Crippen LogP contribution in [0.1, 0.15) is 149 Å². The zero-order valence-electron chi connectivity index (χ0n) is 36.1. The number of nitrogens with zero attached hydrogens (tertiary/aromatic N) is 1. The lowest BCUT2D eigenvalue weighted by Gasteiger charge is -2.28. The summed E-state index contributed by atoms with van der Waals surface area (Å²) in [6.07, 6.45) is 27.3. The molecule has 1 aliphatic carbocycles. The topological polar surface area (TPSA) is 172 Å². The summed E-state index contributed by atoms with van der Waals surface area (Å²) in [5.74, 6) is -1.75. The highest BCUT2D eigenvalue weighted by atomic mass is 31.2. The number of ether oxygens (including phenoxy) is 2. The smallest absolute Gasteiger partial charge is 0.309 e. The van der Waals surface area contributed by atoms with Crippen LogP contribution in [0.4, 0.5) is 0 Å². The molecule has 0 radical (unpaired) electrons. The fourth-order valence-electron chi connectivity index (χ4n) is 6.68. The van der Waals surface area contributed by atoms with E-state index in [2.05, 4.69) is 26.0 Å². The molecular formula is C44H80NO11P. The number of aliphatic hydroxyl groups excluding tert-OH is 3. The Bertz CT molecular complexity index is 1190. The van der Waals surface area contributed by atoms with Crippen LogP contribution < -0.4 is 4.89 Å². The van der Waals surface area contributed by atoms with Crippen LogP contribution >= 0.6 is 7.82 Å². The first-order chi connectivity index (χ1) is 27.2. The van der Waals surface area contributed by atoms with E-state index in [1.54, 1.807) is 24.3 Å². The van der Waals surface area contributed by atoms with E-state index in [-0.39, 0.29) is 37.7 Å². The molecule has 0 aromatic heterocycles. The van der Waals surface area contributed by atoms with Crippen molar-refractivity contribution in [2.45, 2.75) is 173 Å².